The van der Waals surface area contributed by atoms with Crippen molar-refractivity contribution in [3.63, 3.8) is 0 Å². The number of hydrogen-bond acceptors (Lipinski definition) is 4. The predicted molar refractivity (Wildman–Crippen MR) is 90.0 cm³/mol. The Morgan fingerprint density at radius 2 is 2.09 bits per heavy atom. The lowest BCUT2D eigenvalue weighted by Gasteiger charge is -2.06. The smallest absolute Gasteiger partial charge is 0.138 e. The Hall–Kier alpha value is -2.51. The molecule has 22 heavy (non-hydrogen) atoms. The maximum Gasteiger partial charge on any atom is 0.138 e. The molecule has 0 aliphatic carbocycles. The molecule has 3 nitrogen and oxygen atoms in total. The summed E-state index contributed by atoms with van der Waals surface area (Å²) in [5.74, 6) is 7.22. The van der Waals surface area contributed by atoms with E-state index in [-0.39, 0.29) is 0 Å². The number of aromatic nitrogens is 1. The zero-order valence-corrected chi connectivity index (χ0v) is 13.3. The van der Waals surface area contributed by atoms with E-state index in [1.165, 1.54) is 0 Å². The van der Waals surface area contributed by atoms with Crippen molar-refractivity contribution in [1.82, 2.24) is 5.16 Å². The summed E-state index contributed by atoms with van der Waals surface area (Å²) in [6.07, 6.45) is 0. The van der Waals surface area contributed by atoms with Gasteiger partial charge < -0.3 is 9.84 Å². The fraction of sp³-hybridized carbons (Fsp3) is 0.167. The van der Waals surface area contributed by atoms with Crippen LogP contribution in [0.3, 0.4) is 0 Å². The van der Waals surface area contributed by atoms with Crippen LogP contribution in [0, 0.1) is 25.7 Å². The van der Waals surface area contributed by atoms with Gasteiger partial charge in [0, 0.05) is 23.4 Å². The number of thiophene rings is 1. The lowest BCUT2D eigenvalue weighted by Crippen LogP contribution is -2.01. The van der Waals surface area contributed by atoms with E-state index in [2.05, 4.69) is 28.4 Å². The second-order valence-electron chi connectivity index (χ2n) is 4.96. The van der Waals surface area contributed by atoms with Crippen LogP contribution in [0.15, 0.2) is 46.3 Å². The molecule has 0 aliphatic rings. The Morgan fingerprint density at radius 1 is 1.18 bits per heavy atom. The number of aryl methyl sites for hydroxylation is 2. The molecule has 2 heterocycles. The van der Waals surface area contributed by atoms with Gasteiger partial charge in [-0.2, -0.15) is 0 Å². The summed E-state index contributed by atoms with van der Waals surface area (Å²) in [7, 11) is 0. The highest BCUT2D eigenvalue weighted by atomic mass is 32.1. The highest BCUT2D eigenvalue weighted by molar-refractivity contribution is 7.10. The van der Waals surface area contributed by atoms with Gasteiger partial charge in [-0.1, -0.05) is 29.1 Å². The summed E-state index contributed by atoms with van der Waals surface area (Å²) >= 11 is 1.65. The van der Waals surface area contributed by atoms with E-state index in [9.17, 15) is 0 Å². The Balaban J connectivity index is 1.72. The van der Waals surface area contributed by atoms with Gasteiger partial charge in [0.05, 0.1) is 10.6 Å². The molecule has 0 amide bonds. The number of benzene rings is 1. The quantitative estimate of drug-likeness (QED) is 0.730. The Kier molecular flexibility index (Phi) is 4.27. The molecular weight excluding hydrogens is 292 g/mol. The topological polar surface area (TPSA) is 38.1 Å². The summed E-state index contributed by atoms with van der Waals surface area (Å²) in [4.78, 5) is 1.08. The fourth-order valence-electron chi connectivity index (χ4n) is 2.14. The number of nitrogens with zero attached hydrogens (tertiary/aromatic N) is 1. The van der Waals surface area contributed by atoms with Crippen molar-refractivity contribution in [1.29, 1.82) is 0 Å². The minimum absolute atomic E-state index is 0.697. The van der Waals surface area contributed by atoms with Crippen molar-refractivity contribution >= 4 is 17.0 Å². The van der Waals surface area contributed by atoms with Crippen molar-refractivity contribution in [2.75, 3.05) is 5.32 Å². The summed E-state index contributed by atoms with van der Waals surface area (Å²) in [5, 5.41) is 9.40. The second kappa shape index (κ2) is 6.50. The normalized spacial score (nSPS) is 10.1. The standard InChI is InChI=1S/C18H16N2OS/c1-13-18(14(2)21-20-13)12-19-16-6-3-5-15(11-16)8-9-17-7-4-10-22-17/h3-7,10-11,19H,12H2,1-2H3. The average Bonchev–Trinajstić information content (AvgIpc) is 3.15. The largest absolute Gasteiger partial charge is 0.381 e. The van der Waals surface area contributed by atoms with E-state index in [0.717, 1.165) is 33.1 Å². The fourth-order valence-corrected chi connectivity index (χ4v) is 2.71. The number of anilines is 1. The Morgan fingerprint density at radius 3 is 2.82 bits per heavy atom. The van der Waals surface area contributed by atoms with Gasteiger partial charge in [0.2, 0.25) is 0 Å². The maximum absolute atomic E-state index is 5.18. The second-order valence-corrected chi connectivity index (χ2v) is 5.91. The first-order valence-corrected chi connectivity index (χ1v) is 7.91. The monoisotopic (exact) mass is 308 g/mol. The molecule has 0 saturated heterocycles. The van der Waals surface area contributed by atoms with Crippen LogP contribution in [0.4, 0.5) is 5.69 Å². The van der Waals surface area contributed by atoms with Gasteiger partial charge in [-0.3, -0.25) is 0 Å². The molecule has 0 aliphatic heterocycles. The van der Waals surface area contributed by atoms with Crippen LogP contribution in [0.2, 0.25) is 0 Å². The molecule has 0 unspecified atom stereocenters. The molecule has 0 bridgehead atoms. The number of nitrogens with one attached hydrogen (secondary N) is 1. The minimum atomic E-state index is 0.697. The molecule has 1 N–H and O–H groups in total. The summed E-state index contributed by atoms with van der Waals surface area (Å²) in [6.45, 7) is 4.58. The SMILES string of the molecule is Cc1noc(C)c1CNc1cccc(C#Cc2cccs2)c1. The molecule has 0 atom stereocenters. The molecule has 0 radical (unpaired) electrons. The van der Waals surface area contributed by atoms with E-state index in [4.69, 9.17) is 4.52 Å². The Bertz CT molecular complexity index is 803. The van der Waals surface area contributed by atoms with Gasteiger partial charge in [-0.25, -0.2) is 0 Å². The van der Waals surface area contributed by atoms with Gasteiger partial charge in [0.15, 0.2) is 0 Å². The van der Waals surface area contributed by atoms with Crippen molar-refractivity contribution in [3.8, 4) is 11.8 Å². The third-order valence-corrected chi connectivity index (χ3v) is 4.15. The van der Waals surface area contributed by atoms with Gasteiger partial charge >= 0.3 is 0 Å². The molecule has 0 fully saturated rings. The molecule has 0 saturated carbocycles. The van der Waals surface area contributed by atoms with Gasteiger partial charge in [0.1, 0.15) is 5.76 Å². The molecule has 3 rings (SSSR count). The maximum atomic E-state index is 5.18. The molecule has 1 aromatic carbocycles. The molecule has 110 valence electrons. The number of hydrogen-bond donors (Lipinski definition) is 1. The predicted octanol–water partition coefficient (Wildman–Crippen LogP) is 4.36. The molecule has 4 heteroatoms. The van der Waals surface area contributed by atoms with Crippen LogP contribution >= 0.6 is 11.3 Å². The van der Waals surface area contributed by atoms with Crippen LogP contribution in [-0.4, -0.2) is 5.16 Å². The van der Waals surface area contributed by atoms with E-state index in [1.807, 2.05) is 49.6 Å². The van der Waals surface area contributed by atoms with Gasteiger partial charge in [-0.05, 0) is 43.5 Å². The lowest BCUT2D eigenvalue weighted by molar-refractivity contribution is 0.392. The molecule has 0 spiro atoms. The van der Waals surface area contributed by atoms with E-state index in [1.54, 1.807) is 11.3 Å². The molecule has 2 aromatic heterocycles. The van der Waals surface area contributed by atoms with Crippen LogP contribution < -0.4 is 5.32 Å². The number of rotatable bonds is 3. The minimum Gasteiger partial charge on any atom is -0.381 e. The zero-order chi connectivity index (χ0) is 15.4. The van der Waals surface area contributed by atoms with Crippen molar-refractivity contribution in [2.24, 2.45) is 0 Å². The first kappa shape index (κ1) is 14.4. The Labute approximate surface area is 134 Å². The third-order valence-electron chi connectivity index (χ3n) is 3.36. The zero-order valence-electron chi connectivity index (χ0n) is 12.5. The summed E-state index contributed by atoms with van der Waals surface area (Å²) < 4.78 is 5.18. The molecule has 3 aromatic rings. The van der Waals surface area contributed by atoms with E-state index in [0.29, 0.717) is 6.54 Å². The summed E-state index contributed by atoms with van der Waals surface area (Å²) in [6, 6.07) is 12.1. The highest BCUT2D eigenvalue weighted by Gasteiger charge is 2.08. The van der Waals surface area contributed by atoms with Crippen molar-refractivity contribution in [3.05, 3.63) is 69.2 Å². The van der Waals surface area contributed by atoms with Crippen LogP contribution in [-0.2, 0) is 6.54 Å². The van der Waals surface area contributed by atoms with E-state index >= 15 is 0 Å². The van der Waals surface area contributed by atoms with Crippen LogP contribution in [0.25, 0.3) is 0 Å². The third kappa shape index (κ3) is 3.38. The first-order valence-electron chi connectivity index (χ1n) is 7.03. The first-order chi connectivity index (χ1) is 10.7. The molecular formula is C18H16N2OS. The van der Waals surface area contributed by atoms with Gasteiger partial charge in [-0.15, -0.1) is 11.3 Å². The average molecular weight is 308 g/mol. The van der Waals surface area contributed by atoms with Crippen molar-refractivity contribution < 1.29 is 4.52 Å². The lowest BCUT2D eigenvalue weighted by atomic mass is 10.1. The van der Waals surface area contributed by atoms with Crippen LogP contribution in [0.1, 0.15) is 27.5 Å². The van der Waals surface area contributed by atoms with Gasteiger partial charge in [0.25, 0.3) is 0 Å². The summed E-state index contributed by atoms with van der Waals surface area (Å²) in [5.41, 5.74) is 4.07. The highest BCUT2D eigenvalue weighted by Crippen LogP contribution is 2.16. The van der Waals surface area contributed by atoms with Crippen LogP contribution in [0.5, 0.6) is 0 Å². The van der Waals surface area contributed by atoms with Crippen molar-refractivity contribution in [2.45, 2.75) is 20.4 Å². The van der Waals surface area contributed by atoms with E-state index < -0.39 is 0 Å².